The minimum atomic E-state index is -1.56. The highest BCUT2D eigenvalue weighted by Crippen LogP contribution is 2.24. The van der Waals surface area contributed by atoms with Crippen molar-refractivity contribution in [3.05, 3.63) is 97.2 Å². The summed E-state index contributed by atoms with van der Waals surface area (Å²) in [6, 6.07) is -0.728. The van der Waals surface area contributed by atoms with Crippen molar-refractivity contribution >= 4 is 5.91 Å². The quantitative estimate of drug-likeness (QED) is 0.0261. The first-order valence-corrected chi connectivity index (χ1v) is 37.9. The number of hydrogen-bond donors (Lipinski definition) is 6. The summed E-state index contributed by atoms with van der Waals surface area (Å²) in [6.45, 7) is 3.76. The van der Waals surface area contributed by atoms with E-state index in [0.29, 0.717) is 12.8 Å². The van der Waals surface area contributed by atoms with Crippen LogP contribution in [-0.4, -0.2) is 87.5 Å². The molecule has 516 valence electrons. The highest BCUT2D eigenvalue weighted by Gasteiger charge is 2.44. The van der Waals surface area contributed by atoms with Gasteiger partial charge in [0.05, 0.1) is 25.4 Å². The molecule has 89 heavy (non-hydrogen) atoms. The number of unbranched alkanes of at least 4 members (excludes halogenated alkanes) is 40. The maximum atomic E-state index is 13.2. The second-order valence-corrected chi connectivity index (χ2v) is 26.1. The molecule has 0 aromatic heterocycles. The lowest BCUT2D eigenvalue weighted by molar-refractivity contribution is -0.302. The monoisotopic (exact) mass is 1250 g/mol. The van der Waals surface area contributed by atoms with E-state index in [4.69, 9.17) is 9.47 Å². The van der Waals surface area contributed by atoms with Gasteiger partial charge in [0.15, 0.2) is 6.29 Å². The lowest BCUT2D eigenvalue weighted by Gasteiger charge is -2.40. The zero-order valence-corrected chi connectivity index (χ0v) is 57.9. The van der Waals surface area contributed by atoms with Crippen molar-refractivity contribution in [2.45, 2.75) is 391 Å². The van der Waals surface area contributed by atoms with Gasteiger partial charge >= 0.3 is 0 Å². The molecule has 9 heteroatoms. The third kappa shape index (κ3) is 56.4. The first kappa shape index (κ1) is 84.1. The largest absolute Gasteiger partial charge is 0.394 e. The van der Waals surface area contributed by atoms with E-state index in [1.54, 1.807) is 0 Å². The maximum Gasteiger partial charge on any atom is 0.220 e. The first-order valence-electron chi connectivity index (χ1n) is 37.9. The van der Waals surface area contributed by atoms with E-state index in [1.807, 2.05) is 0 Å². The highest BCUT2D eigenvalue weighted by molar-refractivity contribution is 5.76. The zero-order chi connectivity index (χ0) is 64.2. The van der Waals surface area contributed by atoms with Crippen LogP contribution in [0.25, 0.3) is 0 Å². The number of amides is 1. The molecule has 6 N–H and O–H groups in total. The molecular weight excluding hydrogens is 1100 g/mol. The molecule has 1 rings (SSSR count). The Labute approximate surface area is 549 Å². The minimum Gasteiger partial charge on any atom is -0.394 e. The summed E-state index contributed by atoms with van der Waals surface area (Å²) in [5.74, 6) is -0.145. The molecule has 0 saturated carbocycles. The number of carbonyl (C=O) groups is 1. The van der Waals surface area contributed by atoms with Crippen LogP contribution in [0.4, 0.5) is 0 Å². The number of nitrogens with one attached hydrogen (secondary N) is 1. The van der Waals surface area contributed by atoms with E-state index in [-0.39, 0.29) is 12.5 Å². The van der Waals surface area contributed by atoms with Crippen molar-refractivity contribution in [3.8, 4) is 0 Å². The summed E-state index contributed by atoms with van der Waals surface area (Å²) in [6.07, 6.45) is 92.0. The molecule has 0 bridgehead atoms. The summed E-state index contributed by atoms with van der Waals surface area (Å²) < 4.78 is 11.4. The fourth-order valence-corrected chi connectivity index (χ4v) is 11.8. The predicted molar refractivity (Wildman–Crippen MR) is 382 cm³/mol. The molecule has 1 fully saturated rings. The Morgan fingerprint density at radius 3 is 1.03 bits per heavy atom. The van der Waals surface area contributed by atoms with Crippen LogP contribution in [0.3, 0.4) is 0 Å². The molecule has 7 unspecified atom stereocenters. The number of ether oxygens (including phenoxy) is 2. The van der Waals surface area contributed by atoms with Crippen LogP contribution in [0.1, 0.15) is 348 Å². The molecular formula is C80H143NO8. The lowest BCUT2D eigenvalue weighted by atomic mass is 9.99. The molecule has 1 heterocycles. The topological polar surface area (TPSA) is 149 Å². The fraction of sp³-hybridized carbons (Fsp3) is 0.787. The summed E-state index contributed by atoms with van der Waals surface area (Å²) in [7, 11) is 0. The highest BCUT2D eigenvalue weighted by atomic mass is 16.7. The second kappa shape index (κ2) is 68.0. The van der Waals surface area contributed by atoms with Gasteiger partial charge in [0.1, 0.15) is 24.4 Å². The number of rotatable bonds is 66. The average molecular weight is 1250 g/mol. The Kier molecular flexibility index (Phi) is 64.3. The van der Waals surface area contributed by atoms with E-state index in [1.165, 1.54) is 231 Å². The smallest absolute Gasteiger partial charge is 0.220 e. The van der Waals surface area contributed by atoms with Crippen LogP contribution in [-0.2, 0) is 14.3 Å². The Morgan fingerprint density at radius 1 is 0.393 bits per heavy atom. The molecule has 9 nitrogen and oxygen atoms in total. The van der Waals surface area contributed by atoms with Gasteiger partial charge in [0, 0.05) is 6.42 Å². The van der Waals surface area contributed by atoms with Gasteiger partial charge in [0.25, 0.3) is 0 Å². The van der Waals surface area contributed by atoms with E-state index < -0.39 is 49.5 Å². The third-order valence-corrected chi connectivity index (χ3v) is 17.7. The predicted octanol–water partition coefficient (Wildman–Crippen LogP) is 21.4. The van der Waals surface area contributed by atoms with Gasteiger partial charge in [-0.25, -0.2) is 0 Å². The summed E-state index contributed by atoms with van der Waals surface area (Å²) >= 11 is 0. The molecule has 0 spiro atoms. The molecule has 1 aliphatic rings. The Morgan fingerprint density at radius 2 is 0.697 bits per heavy atom. The average Bonchev–Trinajstić information content (AvgIpc) is 2.28. The van der Waals surface area contributed by atoms with Gasteiger partial charge in [-0.3, -0.25) is 4.79 Å². The summed E-state index contributed by atoms with van der Waals surface area (Å²) in [5, 5.41) is 55.0. The van der Waals surface area contributed by atoms with Crippen LogP contribution >= 0.6 is 0 Å². The number of aliphatic hydroxyl groups is 5. The maximum absolute atomic E-state index is 13.2. The Balaban J connectivity index is 2.10. The van der Waals surface area contributed by atoms with E-state index in [0.717, 1.165) is 89.9 Å². The van der Waals surface area contributed by atoms with Crippen LogP contribution in [0.2, 0.25) is 0 Å². The second-order valence-electron chi connectivity index (χ2n) is 26.1. The molecule has 0 aromatic rings. The lowest BCUT2D eigenvalue weighted by Crippen LogP contribution is -2.60. The molecule has 0 aromatic carbocycles. The van der Waals surface area contributed by atoms with Gasteiger partial charge in [-0.1, -0.05) is 361 Å². The minimum absolute atomic E-state index is 0.141. The molecule has 0 aliphatic carbocycles. The van der Waals surface area contributed by atoms with Gasteiger partial charge in [-0.15, -0.1) is 0 Å². The number of carbonyl (C=O) groups excluding carboxylic acids is 1. The fourth-order valence-electron chi connectivity index (χ4n) is 11.8. The SMILES string of the molecule is CC/C=C\C/C=C\C/C=C\C/C=C\C/C=C\C/C=C\C/C=C\C/C=C\CCCCCCCCCCCCCCC(=O)NC(COC1OC(CO)C(O)C(O)C1O)C(O)CCCCCCCCCCCCCCCCCCCCCCCCCCCCCCC. The van der Waals surface area contributed by atoms with Gasteiger partial charge in [-0.2, -0.15) is 0 Å². The van der Waals surface area contributed by atoms with E-state index >= 15 is 0 Å². The van der Waals surface area contributed by atoms with Crippen molar-refractivity contribution in [3.63, 3.8) is 0 Å². The zero-order valence-electron chi connectivity index (χ0n) is 57.9. The van der Waals surface area contributed by atoms with E-state index in [2.05, 4.69) is 116 Å². The van der Waals surface area contributed by atoms with Crippen LogP contribution in [0.15, 0.2) is 97.2 Å². The molecule has 1 amide bonds. The molecule has 1 aliphatic heterocycles. The molecule has 0 radical (unpaired) electrons. The van der Waals surface area contributed by atoms with Crippen LogP contribution in [0, 0.1) is 0 Å². The van der Waals surface area contributed by atoms with Crippen LogP contribution < -0.4 is 5.32 Å². The Bertz CT molecular complexity index is 1730. The van der Waals surface area contributed by atoms with Gasteiger partial charge < -0.3 is 40.3 Å². The number of hydrogen-bond acceptors (Lipinski definition) is 8. The van der Waals surface area contributed by atoms with Crippen LogP contribution in [0.5, 0.6) is 0 Å². The Hall–Kier alpha value is -2.89. The molecule has 7 atom stereocenters. The normalized spacial score (nSPS) is 18.4. The van der Waals surface area contributed by atoms with Crippen molar-refractivity contribution in [1.82, 2.24) is 5.32 Å². The summed E-state index contributed by atoms with van der Waals surface area (Å²) in [5.41, 5.74) is 0. The third-order valence-electron chi connectivity index (χ3n) is 17.7. The first-order chi connectivity index (χ1) is 43.8. The van der Waals surface area contributed by atoms with Gasteiger partial charge in [0.2, 0.25) is 5.91 Å². The number of aliphatic hydroxyl groups excluding tert-OH is 5. The van der Waals surface area contributed by atoms with Crippen molar-refractivity contribution < 1.29 is 39.8 Å². The van der Waals surface area contributed by atoms with Crippen molar-refractivity contribution in [2.24, 2.45) is 0 Å². The van der Waals surface area contributed by atoms with E-state index in [9.17, 15) is 30.3 Å². The number of allylic oxidation sites excluding steroid dienone is 16. The molecule has 1 saturated heterocycles. The van der Waals surface area contributed by atoms with Crippen molar-refractivity contribution in [1.29, 1.82) is 0 Å². The van der Waals surface area contributed by atoms with Crippen molar-refractivity contribution in [2.75, 3.05) is 13.2 Å². The standard InChI is InChI=1S/C80H143NO8/c1-3-5-7-9-11-13-15-17-19-21-23-25-27-29-31-33-34-35-36-37-38-39-40-42-44-46-48-50-52-54-56-58-60-62-64-66-68-70-76(84)81-73(72-88-80-79(87)78(86)77(85)75(71-82)89-80)74(83)69-67-65-63-61-59-57-55-53-51-49-47-45-43-41-32-30-28-26-24-22-20-18-16-14-12-10-8-6-4-2/h5,7,11,13,17,19,23,25,29,31,34-35,37-38,40,42,73-75,77-80,82-83,85-87H,3-4,6,8-10,12,14-16,18,20-22,24,26-28,30,32-33,36,39,41,43-72H2,1-2H3,(H,81,84)/b7-5-,13-11-,19-17-,25-23-,31-29-,35-34-,38-37-,42-40-. The van der Waals surface area contributed by atoms with Gasteiger partial charge in [-0.05, 0) is 77.0 Å². The summed E-state index contributed by atoms with van der Waals surface area (Å²) in [4.78, 5) is 13.2.